The van der Waals surface area contributed by atoms with E-state index < -0.39 is 0 Å². The summed E-state index contributed by atoms with van der Waals surface area (Å²) in [7, 11) is 3.24. The van der Waals surface area contributed by atoms with Crippen molar-refractivity contribution in [3.8, 4) is 5.75 Å². The van der Waals surface area contributed by atoms with Crippen LogP contribution >= 0.6 is 0 Å². The third-order valence-electron chi connectivity index (χ3n) is 4.07. The fourth-order valence-electron chi connectivity index (χ4n) is 2.82. The number of carbonyl (C=O) groups is 1. The first kappa shape index (κ1) is 16.0. The number of hydrogen-bond acceptors (Lipinski definition) is 4. The van der Waals surface area contributed by atoms with Crippen molar-refractivity contribution in [3.63, 3.8) is 0 Å². The Balaban J connectivity index is 2.20. The summed E-state index contributed by atoms with van der Waals surface area (Å²) in [5.74, 6) is 0.756. The predicted octanol–water partition coefficient (Wildman–Crippen LogP) is 2.43. The summed E-state index contributed by atoms with van der Waals surface area (Å²) < 4.78 is 5.36. The molecule has 1 aliphatic rings. The lowest BCUT2D eigenvalue weighted by Crippen LogP contribution is -2.41. The van der Waals surface area contributed by atoms with Gasteiger partial charge in [0.1, 0.15) is 11.5 Å². The minimum absolute atomic E-state index is 0.0636. The Kier molecular flexibility index (Phi) is 4.46. The SMILES string of the molecule is CNC(=O)N1N=C(c2cccnc2)c2cc(OC)ccc2CC1C. The number of rotatable bonds is 2. The van der Waals surface area contributed by atoms with E-state index in [2.05, 4.69) is 15.4 Å². The maximum absolute atomic E-state index is 12.2. The molecule has 0 bridgehead atoms. The van der Waals surface area contributed by atoms with Crippen LogP contribution in [0.5, 0.6) is 5.75 Å². The number of pyridine rings is 1. The molecule has 1 atom stereocenters. The maximum Gasteiger partial charge on any atom is 0.337 e. The van der Waals surface area contributed by atoms with Crippen molar-refractivity contribution in [3.05, 3.63) is 59.4 Å². The van der Waals surface area contributed by atoms with Crippen molar-refractivity contribution in [1.29, 1.82) is 0 Å². The number of hydrogen-bond donors (Lipinski definition) is 1. The first-order valence-corrected chi connectivity index (χ1v) is 7.81. The number of nitrogens with one attached hydrogen (secondary N) is 1. The van der Waals surface area contributed by atoms with Gasteiger partial charge in [-0.25, -0.2) is 9.80 Å². The highest BCUT2D eigenvalue weighted by atomic mass is 16.5. The van der Waals surface area contributed by atoms with Gasteiger partial charge in [0, 0.05) is 30.6 Å². The maximum atomic E-state index is 12.2. The second kappa shape index (κ2) is 6.70. The number of fused-ring (bicyclic) bond motifs is 1. The van der Waals surface area contributed by atoms with E-state index in [4.69, 9.17) is 4.74 Å². The number of amides is 2. The molecule has 1 aromatic heterocycles. The Morgan fingerprint density at radius 3 is 2.88 bits per heavy atom. The smallest absolute Gasteiger partial charge is 0.337 e. The van der Waals surface area contributed by atoms with Crippen LogP contribution < -0.4 is 10.1 Å². The quantitative estimate of drug-likeness (QED) is 0.922. The van der Waals surface area contributed by atoms with Crippen LogP contribution in [0.25, 0.3) is 0 Å². The van der Waals surface area contributed by atoms with Crippen molar-refractivity contribution in [1.82, 2.24) is 15.3 Å². The van der Waals surface area contributed by atoms with Gasteiger partial charge in [-0.3, -0.25) is 4.98 Å². The molecule has 1 aromatic carbocycles. The van der Waals surface area contributed by atoms with Crippen molar-refractivity contribution < 1.29 is 9.53 Å². The van der Waals surface area contributed by atoms with E-state index in [0.29, 0.717) is 12.1 Å². The summed E-state index contributed by atoms with van der Waals surface area (Å²) in [6.07, 6.45) is 4.17. The molecule has 0 saturated heterocycles. The van der Waals surface area contributed by atoms with Gasteiger partial charge in [-0.1, -0.05) is 6.07 Å². The zero-order valence-electron chi connectivity index (χ0n) is 14.0. The highest BCUT2D eigenvalue weighted by molar-refractivity contribution is 6.14. The van der Waals surface area contributed by atoms with Gasteiger partial charge in [0.25, 0.3) is 0 Å². The van der Waals surface area contributed by atoms with Crippen molar-refractivity contribution >= 4 is 11.7 Å². The number of hydrazone groups is 1. The molecule has 3 rings (SSSR count). The third-order valence-corrected chi connectivity index (χ3v) is 4.07. The summed E-state index contributed by atoms with van der Waals surface area (Å²) in [6.45, 7) is 1.99. The Hall–Kier alpha value is -2.89. The lowest BCUT2D eigenvalue weighted by atomic mass is 9.95. The molecule has 0 saturated carbocycles. The van der Waals surface area contributed by atoms with Crippen molar-refractivity contribution in [2.45, 2.75) is 19.4 Å². The number of methoxy groups -OCH3 is 1. The van der Waals surface area contributed by atoms with E-state index in [1.54, 1.807) is 26.6 Å². The van der Waals surface area contributed by atoms with Crippen molar-refractivity contribution in [2.75, 3.05) is 14.2 Å². The van der Waals surface area contributed by atoms with E-state index in [0.717, 1.165) is 22.4 Å². The van der Waals surface area contributed by atoms with E-state index in [1.807, 2.05) is 37.3 Å². The minimum atomic E-state index is -0.233. The zero-order chi connectivity index (χ0) is 17.1. The molecular weight excluding hydrogens is 304 g/mol. The lowest BCUT2D eigenvalue weighted by Gasteiger charge is -2.22. The normalized spacial score (nSPS) is 16.7. The van der Waals surface area contributed by atoms with Gasteiger partial charge in [-0.15, -0.1) is 0 Å². The molecule has 24 heavy (non-hydrogen) atoms. The summed E-state index contributed by atoms with van der Waals surface area (Å²) in [5, 5.41) is 8.81. The molecule has 2 heterocycles. The van der Waals surface area contributed by atoms with Gasteiger partial charge in [0.2, 0.25) is 0 Å². The fraction of sp³-hybridized carbons (Fsp3) is 0.278. The molecule has 6 heteroatoms. The Morgan fingerprint density at radius 2 is 2.21 bits per heavy atom. The van der Waals surface area contributed by atoms with Gasteiger partial charge >= 0.3 is 6.03 Å². The molecular formula is C18H20N4O2. The largest absolute Gasteiger partial charge is 0.497 e. The zero-order valence-corrected chi connectivity index (χ0v) is 14.0. The Bertz CT molecular complexity index is 774. The van der Waals surface area contributed by atoms with Crippen molar-refractivity contribution in [2.24, 2.45) is 5.10 Å². The molecule has 0 fully saturated rings. The summed E-state index contributed by atoms with van der Waals surface area (Å²) in [4.78, 5) is 16.4. The van der Waals surface area contributed by atoms with Crippen LogP contribution in [0.4, 0.5) is 4.79 Å². The van der Waals surface area contributed by atoms with Crippen LogP contribution in [0.3, 0.4) is 0 Å². The minimum Gasteiger partial charge on any atom is -0.497 e. The second-order valence-corrected chi connectivity index (χ2v) is 5.67. The Labute approximate surface area is 141 Å². The molecule has 0 spiro atoms. The van der Waals surface area contributed by atoms with E-state index in [-0.39, 0.29) is 12.1 Å². The van der Waals surface area contributed by atoms with Gasteiger partial charge < -0.3 is 10.1 Å². The van der Waals surface area contributed by atoms with Crippen LogP contribution in [0, 0.1) is 0 Å². The van der Waals surface area contributed by atoms with Crippen LogP contribution in [0.15, 0.2) is 47.8 Å². The van der Waals surface area contributed by atoms with Crippen LogP contribution in [0.2, 0.25) is 0 Å². The van der Waals surface area contributed by atoms with Crippen LogP contribution in [-0.2, 0) is 6.42 Å². The number of carbonyl (C=O) groups excluding carboxylic acids is 1. The number of nitrogens with zero attached hydrogens (tertiary/aromatic N) is 3. The molecule has 0 radical (unpaired) electrons. The molecule has 1 N–H and O–H groups in total. The average molecular weight is 324 g/mol. The molecule has 1 unspecified atom stereocenters. The molecule has 2 aromatic rings. The molecule has 6 nitrogen and oxygen atoms in total. The highest BCUT2D eigenvalue weighted by Crippen LogP contribution is 2.26. The highest BCUT2D eigenvalue weighted by Gasteiger charge is 2.27. The van der Waals surface area contributed by atoms with Gasteiger partial charge in [0.05, 0.1) is 13.2 Å². The van der Waals surface area contributed by atoms with Gasteiger partial charge in [0.15, 0.2) is 0 Å². The fourth-order valence-corrected chi connectivity index (χ4v) is 2.82. The van der Waals surface area contributed by atoms with E-state index in [9.17, 15) is 4.79 Å². The van der Waals surface area contributed by atoms with Crippen LogP contribution in [0.1, 0.15) is 23.6 Å². The lowest BCUT2D eigenvalue weighted by molar-refractivity contribution is 0.184. The summed E-state index contributed by atoms with van der Waals surface area (Å²) in [6, 6.07) is 9.42. The van der Waals surface area contributed by atoms with E-state index >= 15 is 0 Å². The third kappa shape index (κ3) is 2.95. The molecule has 0 aliphatic carbocycles. The monoisotopic (exact) mass is 324 g/mol. The number of urea groups is 1. The molecule has 1 aliphatic heterocycles. The topological polar surface area (TPSA) is 66.8 Å². The van der Waals surface area contributed by atoms with E-state index in [1.165, 1.54) is 5.01 Å². The first-order valence-electron chi connectivity index (χ1n) is 7.81. The van der Waals surface area contributed by atoms with Gasteiger partial charge in [-0.05, 0) is 43.2 Å². The average Bonchev–Trinajstić information content (AvgIpc) is 2.77. The summed E-state index contributed by atoms with van der Waals surface area (Å²) >= 11 is 0. The molecule has 2 amide bonds. The summed E-state index contributed by atoms with van der Waals surface area (Å²) in [5.41, 5.74) is 3.65. The number of ether oxygens (including phenoxy) is 1. The standard InChI is InChI=1S/C18H20N4O2/c1-12-9-13-6-7-15(24-3)10-16(13)17(14-5-4-8-20-11-14)21-22(12)18(23)19-2/h4-8,10-12H,9H2,1-3H3,(H,19,23). The number of benzene rings is 1. The molecule has 124 valence electrons. The Morgan fingerprint density at radius 1 is 1.38 bits per heavy atom. The van der Waals surface area contributed by atoms with Gasteiger partial charge in [-0.2, -0.15) is 5.10 Å². The van der Waals surface area contributed by atoms with Crippen LogP contribution in [-0.4, -0.2) is 41.9 Å². The number of aromatic nitrogens is 1. The second-order valence-electron chi connectivity index (χ2n) is 5.67. The first-order chi connectivity index (χ1) is 11.6. The predicted molar refractivity (Wildman–Crippen MR) is 92.3 cm³/mol.